The van der Waals surface area contributed by atoms with Crippen LogP contribution in [0.3, 0.4) is 0 Å². The largest absolute Gasteiger partial charge is 0.494 e. The molecule has 1 rings (SSSR count). The van der Waals surface area contributed by atoms with E-state index in [4.69, 9.17) is 16.3 Å². The second-order valence-corrected chi connectivity index (χ2v) is 4.84. The lowest BCUT2D eigenvalue weighted by atomic mass is 10.2. The van der Waals surface area contributed by atoms with Crippen molar-refractivity contribution in [3.8, 4) is 5.75 Å². The summed E-state index contributed by atoms with van der Waals surface area (Å²) < 4.78 is 5.62. The molecule has 3 heteroatoms. The molecule has 1 aromatic rings. The van der Waals surface area contributed by atoms with E-state index in [0.717, 1.165) is 24.3 Å². The van der Waals surface area contributed by atoms with E-state index < -0.39 is 0 Å². The maximum Gasteiger partial charge on any atom is 0.119 e. The first-order chi connectivity index (χ1) is 7.36. The highest BCUT2D eigenvalue weighted by Crippen LogP contribution is 2.15. The first-order valence-corrected chi connectivity index (χ1v) is 6.91. The Hall–Kier alpha value is -0.340. The molecule has 0 aromatic heterocycles. The van der Waals surface area contributed by atoms with Gasteiger partial charge in [-0.3, -0.25) is 0 Å². The average Bonchev–Trinajstić information content (AvgIpc) is 2.29. The standard InChI is InChI=1S/C12H17ClOS/c1-2-15-8-4-7-14-12-6-3-5-11(9-12)10-13/h3,5-6,9H,2,4,7-8,10H2,1H3. The van der Waals surface area contributed by atoms with E-state index in [1.165, 1.54) is 11.5 Å². The molecular weight excluding hydrogens is 228 g/mol. The molecule has 0 amide bonds. The number of hydrogen-bond acceptors (Lipinski definition) is 2. The van der Waals surface area contributed by atoms with Crippen LogP contribution in [0.4, 0.5) is 0 Å². The fraction of sp³-hybridized carbons (Fsp3) is 0.500. The summed E-state index contributed by atoms with van der Waals surface area (Å²) in [6, 6.07) is 7.96. The van der Waals surface area contributed by atoms with Gasteiger partial charge in [-0.15, -0.1) is 11.6 Å². The number of rotatable bonds is 7. The molecule has 0 N–H and O–H groups in total. The third kappa shape index (κ3) is 5.33. The molecule has 0 saturated heterocycles. The van der Waals surface area contributed by atoms with Crippen LogP contribution in [-0.4, -0.2) is 18.1 Å². The van der Waals surface area contributed by atoms with Gasteiger partial charge in [-0.1, -0.05) is 19.1 Å². The fourth-order valence-electron chi connectivity index (χ4n) is 1.21. The molecule has 15 heavy (non-hydrogen) atoms. The Bertz CT molecular complexity index is 278. The van der Waals surface area contributed by atoms with E-state index in [-0.39, 0.29) is 0 Å². The minimum absolute atomic E-state index is 0.545. The molecule has 0 aliphatic carbocycles. The Morgan fingerprint density at radius 1 is 1.40 bits per heavy atom. The first-order valence-electron chi connectivity index (χ1n) is 5.22. The van der Waals surface area contributed by atoms with Crippen molar-refractivity contribution in [3.05, 3.63) is 29.8 Å². The van der Waals surface area contributed by atoms with Crippen LogP contribution < -0.4 is 4.74 Å². The van der Waals surface area contributed by atoms with Gasteiger partial charge in [0.15, 0.2) is 0 Å². The number of hydrogen-bond donors (Lipinski definition) is 0. The molecule has 0 unspecified atom stereocenters. The predicted octanol–water partition coefficient (Wildman–Crippen LogP) is 3.95. The van der Waals surface area contributed by atoms with Gasteiger partial charge >= 0.3 is 0 Å². The van der Waals surface area contributed by atoms with Crippen LogP contribution in [0.1, 0.15) is 18.9 Å². The normalized spacial score (nSPS) is 10.3. The van der Waals surface area contributed by atoms with Crippen LogP contribution in [0.15, 0.2) is 24.3 Å². The molecule has 1 nitrogen and oxygen atoms in total. The van der Waals surface area contributed by atoms with Crippen LogP contribution in [0.5, 0.6) is 5.75 Å². The summed E-state index contributed by atoms with van der Waals surface area (Å²) in [5.74, 6) is 3.82. The van der Waals surface area contributed by atoms with E-state index in [9.17, 15) is 0 Å². The highest BCUT2D eigenvalue weighted by molar-refractivity contribution is 7.99. The van der Waals surface area contributed by atoms with Crippen LogP contribution in [0.2, 0.25) is 0 Å². The van der Waals surface area contributed by atoms with Gasteiger partial charge in [0.1, 0.15) is 5.75 Å². The summed E-state index contributed by atoms with van der Waals surface area (Å²) in [6.07, 6.45) is 1.10. The minimum Gasteiger partial charge on any atom is -0.494 e. The summed E-state index contributed by atoms with van der Waals surface area (Å²) >= 11 is 7.69. The Morgan fingerprint density at radius 3 is 3.00 bits per heavy atom. The van der Waals surface area contributed by atoms with Crippen molar-refractivity contribution < 1.29 is 4.74 Å². The van der Waals surface area contributed by atoms with E-state index in [2.05, 4.69) is 6.92 Å². The summed E-state index contributed by atoms with van der Waals surface area (Å²) in [5, 5.41) is 0. The van der Waals surface area contributed by atoms with Gasteiger partial charge in [0.2, 0.25) is 0 Å². The van der Waals surface area contributed by atoms with Crippen molar-refractivity contribution >= 4 is 23.4 Å². The van der Waals surface area contributed by atoms with E-state index >= 15 is 0 Å². The Morgan fingerprint density at radius 2 is 2.27 bits per heavy atom. The Kier molecular flexibility index (Phi) is 6.69. The molecule has 0 bridgehead atoms. The molecule has 0 fully saturated rings. The molecule has 0 spiro atoms. The molecule has 1 aromatic carbocycles. The summed E-state index contributed by atoms with van der Waals surface area (Å²) in [7, 11) is 0. The zero-order chi connectivity index (χ0) is 10.9. The summed E-state index contributed by atoms with van der Waals surface area (Å²) in [5.41, 5.74) is 1.11. The van der Waals surface area contributed by atoms with Crippen LogP contribution >= 0.6 is 23.4 Å². The minimum atomic E-state index is 0.545. The van der Waals surface area contributed by atoms with Gasteiger partial charge in [-0.05, 0) is 35.6 Å². The van der Waals surface area contributed by atoms with Gasteiger partial charge in [-0.25, -0.2) is 0 Å². The molecular formula is C12H17ClOS. The first kappa shape index (κ1) is 12.7. The zero-order valence-electron chi connectivity index (χ0n) is 9.04. The van der Waals surface area contributed by atoms with Gasteiger partial charge in [0.25, 0.3) is 0 Å². The van der Waals surface area contributed by atoms with Crippen LogP contribution in [-0.2, 0) is 5.88 Å². The van der Waals surface area contributed by atoms with Crippen LogP contribution in [0, 0.1) is 0 Å². The van der Waals surface area contributed by atoms with Gasteiger partial charge in [0.05, 0.1) is 6.61 Å². The quantitative estimate of drug-likeness (QED) is 0.531. The van der Waals surface area contributed by atoms with Gasteiger partial charge < -0.3 is 4.74 Å². The highest BCUT2D eigenvalue weighted by Gasteiger charge is 1.95. The lowest BCUT2D eigenvalue weighted by Gasteiger charge is -2.06. The third-order valence-corrected chi connectivity index (χ3v) is 3.25. The molecule has 0 atom stereocenters. The maximum absolute atomic E-state index is 5.74. The SMILES string of the molecule is CCSCCCOc1cccc(CCl)c1. The maximum atomic E-state index is 5.74. The lowest BCUT2D eigenvalue weighted by molar-refractivity contribution is 0.318. The monoisotopic (exact) mass is 244 g/mol. The van der Waals surface area contributed by atoms with E-state index in [1.54, 1.807) is 0 Å². The Balaban J connectivity index is 2.24. The highest BCUT2D eigenvalue weighted by atomic mass is 35.5. The smallest absolute Gasteiger partial charge is 0.119 e. The number of benzene rings is 1. The van der Waals surface area contributed by atoms with Gasteiger partial charge in [-0.2, -0.15) is 11.8 Å². The molecule has 0 aliphatic rings. The van der Waals surface area contributed by atoms with Crippen molar-refractivity contribution in [2.24, 2.45) is 0 Å². The summed E-state index contributed by atoms with van der Waals surface area (Å²) in [4.78, 5) is 0. The fourth-order valence-corrected chi connectivity index (χ4v) is 1.99. The molecule has 0 heterocycles. The number of thioether (sulfide) groups is 1. The van der Waals surface area contributed by atoms with Crippen molar-refractivity contribution in [2.75, 3.05) is 18.1 Å². The van der Waals surface area contributed by atoms with E-state index in [1.807, 2.05) is 36.0 Å². The van der Waals surface area contributed by atoms with Crippen molar-refractivity contribution in [1.82, 2.24) is 0 Å². The second-order valence-electron chi connectivity index (χ2n) is 3.18. The lowest BCUT2D eigenvalue weighted by Crippen LogP contribution is -1.99. The van der Waals surface area contributed by atoms with Crippen molar-refractivity contribution in [1.29, 1.82) is 0 Å². The number of halogens is 1. The summed E-state index contributed by atoms with van der Waals surface area (Å²) in [6.45, 7) is 2.97. The topological polar surface area (TPSA) is 9.23 Å². The van der Waals surface area contributed by atoms with Crippen LogP contribution in [0.25, 0.3) is 0 Å². The zero-order valence-corrected chi connectivity index (χ0v) is 10.6. The average molecular weight is 245 g/mol. The van der Waals surface area contributed by atoms with Gasteiger partial charge in [0, 0.05) is 5.88 Å². The molecule has 84 valence electrons. The molecule has 0 aliphatic heterocycles. The second kappa shape index (κ2) is 7.89. The number of alkyl halides is 1. The van der Waals surface area contributed by atoms with Crippen molar-refractivity contribution in [3.63, 3.8) is 0 Å². The van der Waals surface area contributed by atoms with Crippen molar-refractivity contribution in [2.45, 2.75) is 19.2 Å². The molecule has 0 radical (unpaired) electrons. The number of ether oxygens (including phenoxy) is 1. The predicted molar refractivity (Wildman–Crippen MR) is 69.1 cm³/mol. The Labute approximate surface area is 101 Å². The van der Waals surface area contributed by atoms with E-state index in [0.29, 0.717) is 5.88 Å². The third-order valence-electron chi connectivity index (χ3n) is 1.96. The molecule has 0 saturated carbocycles.